The Bertz CT molecular complexity index is 287. The Morgan fingerprint density at radius 1 is 1.15 bits per heavy atom. The summed E-state index contributed by atoms with van der Waals surface area (Å²) < 4.78 is 0. The van der Waals surface area contributed by atoms with Crippen molar-refractivity contribution < 1.29 is 9.59 Å². The fourth-order valence-electron chi connectivity index (χ4n) is 2.45. The Morgan fingerprint density at radius 3 is 2.25 bits per heavy atom. The summed E-state index contributed by atoms with van der Waals surface area (Å²) in [6.45, 7) is 7.45. The molecular weight excluding hydrogens is 254 g/mol. The largest absolute Gasteiger partial charge is 0.368 e. The molecule has 0 saturated heterocycles. The highest BCUT2D eigenvalue weighted by Crippen LogP contribution is 2.18. The summed E-state index contributed by atoms with van der Waals surface area (Å²) in [6, 6.07) is 0. The van der Waals surface area contributed by atoms with Gasteiger partial charge in [0.05, 0.1) is 6.54 Å². The number of carbonyl (C=O) groups is 2. The van der Waals surface area contributed by atoms with Crippen LogP contribution < -0.4 is 11.5 Å². The summed E-state index contributed by atoms with van der Waals surface area (Å²) in [4.78, 5) is 24.8. The summed E-state index contributed by atoms with van der Waals surface area (Å²) in [6.07, 6.45) is 4.49. The molecule has 118 valence electrons. The van der Waals surface area contributed by atoms with Crippen LogP contribution in [-0.2, 0) is 9.59 Å². The maximum atomic E-state index is 12.2. The molecule has 2 amide bonds. The summed E-state index contributed by atoms with van der Waals surface area (Å²) >= 11 is 0. The van der Waals surface area contributed by atoms with E-state index in [1.54, 1.807) is 4.90 Å². The van der Waals surface area contributed by atoms with Gasteiger partial charge in [-0.05, 0) is 31.2 Å². The number of hydrogen-bond acceptors (Lipinski definition) is 3. The Kier molecular flexibility index (Phi) is 10.1. The highest BCUT2D eigenvalue weighted by atomic mass is 16.2. The molecule has 20 heavy (non-hydrogen) atoms. The molecule has 0 aliphatic heterocycles. The van der Waals surface area contributed by atoms with E-state index in [2.05, 4.69) is 6.92 Å². The normalized spacial score (nSPS) is 12.4. The second kappa shape index (κ2) is 10.7. The van der Waals surface area contributed by atoms with Crippen LogP contribution in [0.2, 0.25) is 0 Å². The minimum Gasteiger partial charge on any atom is -0.368 e. The number of amides is 2. The average Bonchev–Trinajstić information content (AvgIpc) is 2.34. The van der Waals surface area contributed by atoms with E-state index < -0.39 is 5.91 Å². The van der Waals surface area contributed by atoms with Crippen LogP contribution in [-0.4, -0.2) is 36.3 Å². The van der Waals surface area contributed by atoms with Gasteiger partial charge in [-0.25, -0.2) is 0 Å². The highest BCUT2D eigenvalue weighted by molar-refractivity contribution is 5.83. The monoisotopic (exact) mass is 285 g/mol. The van der Waals surface area contributed by atoms with Gasteiger partial charge in [0.1, 0.15) is 0 Å². The van der Waals surface area contributed by atoms with Gasteiger partial charge in [0.15, 0.2) is 0 Å². The molecule has 0 aromatic heterocycles. The summed E-state index contributed by atoms with van der Waals surface area (Å²) in [5.41, 5.74) is 10.8. The van der Waals surface area contributed by atoms with Gasteiger partial charge in [0.2, 0.25) is 11.8 Å². The van der Waals surface area contributed by atoms with Gasteiger partial charge in [0.25, 0.3) is 0 Å². The van der Waals surface area contributed by atoms with Gasteiger partial charge in [0, 0.05) is 13.0 Å². The molecule has 0 saturated carbocycles. The lowest BCUT2D eigenvalue weighted by Crippen LogP contribution is -2.40. The van der Waals surface area contributed by atoms with Crippen molar-refractivity contribution in [2.45, 2.75) is 52.9 Å². The number of hydrogen-bond donors (Lipinski definition) is 2. The maximum Gasteiger partial charge on any atom is 0.237 e. The minimum atomic E-state index is -0.453. The summed E-state index contributed by atoms with van der Waals surface area (Å²) in [7, 11) is 0. The van der Waals surface area contributed by atoms with E-state index in [1.807, 2.05) is 13.8 Å². The van der Waals surface area contributed by atoms with Crippen LogP contribution in [0.1, 0.15) is 52.9 Å². The molecule has 1 atom stereocenters. The van der Waals surface area contributed by atoms with E-state index in [9.17, 15) is 9.59 Å². The molecule has 0 aromatic rings. The Morgan fingerprint density at radius 2 is 1.80 bits per heavy atom. The summed E-state index contributed by atoms with van der Waals surface area (Å²) in [5.74, 6) is 0.402. The SMILES string of the molecule is CCCC(CCN)CCC(=O)N(CC(N)=O)CC(C)C. The lowest BCUT2D eigenvalue weighted by Gasteiger charge is -2.24. The smallest absolute Gasteiger partial charge is 0.237 e. The van der Waals surface area contributed by atoms with E-state index in [0.29, 0.717) is 31.3 Å². The van der Waals surface area contributed by atoms with Crippen molar-refractivity contribution in [2.75, 3.05) is 19.6 Å². The third-order valence-electron chi connectivity index (χ3n) is 3.32. The van der Waals surface area contributed by atoms with Crippen molar-refractivity contribution in [3.8, 4) is 0 Å². The third-order valence-corrected chi connectivity index (χ3v) is 3.32. The standard InChI is InChI=1S/C15H31N3O2/c1-4-5-13(8-9-16)6-7-15(20)18(10-12(2)3)11-14(17)19/h12-13H,4-11,16H2,1-3H3,(H2,17,19). The molecule has 0 aromatic carbocycles. The van der Waals surface area contributed by atoms with Crippen LogP contribution in [0.15, 0.2) is 0 Å². The molecule has 0 radical (unpaired) electrons. The molecule has 0 heterocycles. The molecule has 0 aliphatic carbocycles. The van der Waals surface area contributed by atoms with Gasteiger partial charge >= 0.3 is 0 Å². The fourth-order valence-corrected chi connectivity index (χ4v) is 2.45. The van der Waals surface area contributed by atoms with Crippen molar-refractivity contribution in [1.82, 2.24) is 4.90 Å². The van der Waals surface area contributed by atoms with Crippen LogP contribution in [0.25, 0.3) is 0 Å². The molecule has 0 fully saturated rings. The van der Waals surface area contributed by atoms with Crippen LogP contribution in [0.3, 0.4) is 0 Å². The van der Waals surface area contributed by atoms with Gasteiger partial charge in [-0.2, -0.15) is 0 Å². The highest BCUT2D eigenvalue weighted by Gasteiger charge is 2.18. The van der Waals surface area contributed by atoms with Crippen molar-refractivity contribution >= 4 is 11.8 Å². The third kappa shape index (κ3) is 8.91. The van der Waals surface area contributed by atoms with Crippen molar-refractivity contribution in [1.29, 1.82) is 0 Å². The first kappa shape index (κ1) is 18.9. The number of carbonyl (C=O) groups excluding carboxylic acids is 2. The zero-order chi connectivity index (χ0) is 15.5. The molecule has 0 rings (SSSR count). The Balaban J connectivity index is 4.38. The number of rotatable bonds is 11. The molecule has 1 unspecified atom stereocenters. The molecular formula is C15H31N3O2. The van der Waals surface area contributed by atoms with Gasteiger partial charge in [-0.15, -0.1) is 0 Å². The molecule has 0 aliphatic rings. The Labute approximate surface area is 123 Å². The first-order valence-electron chi connectivity index (χ1n) is 7.66. The van der Waals surface area contributed by atoms with Crippen LogP contribution in [0.5, 0.6) is 0 Å². The molecule has 0 spiro atoms. The lowest BCUT2D eigenvalue weighted by molar-refractivity contribution is -0.136. The first-order valence-corrected chi connectivity index (χ1v) is 7.66. The predicted molar refractivity (Wildman–Crippen MR) is 81.9 cm³/mol. The van der Waals surface area contributed by atoms with E-state index >= 15 is 0 Å². The lowest BCUT2D eigenvalue weighted by atomic mass is 9.94. The molecule has 5 heteroatoms. The maximum absolute atomic E-state index is 12.2. The van der Waals surface area contributed by atoms with Crippen LogP contribution in [0.4, 0.5) is 0 Å². The molecule has 5 nitrogen and oxygen atoms in total. The molecule has 0 bridgehead atoms. The zero-order valence-electron chi connectivity index (χ0n) is 13.2. The number of nitrogens with two attached hydrogens (primary N) is 2. The number of nitrogens with zero attached hydrogens (tertiary/aromatic N) is 1. The number of primary amides is 1. The van der Waals surface area contributed by atoms with Crippen LogP contribution >= 0.6 is 0 Å². The van der Waals surface area contributed by atoms with E-state index in [0.717, 1.165) is 25.7 Å². The second-order valence-corrected chi connectivity index (χ2v) is 5.91. The molecule has 4 N–H and O–H groups in total. The topological polar surface area (TPSA) is 89.4 Å². The minimum absolute atomic E-state index is 0.0202. The van der Waals surface area contributed by atoms with Crippen molar-refractivity contribution in [2.24, 2.45) is 23.3 Å². The van der Waals surface area contributed by atoms with E-state index in [-0.39, 0.29) is 12.5 Å². The van der Waals surface area contributed by atoms with Crippen molar-refractivity contribution in [3.63, 3.8) is 0 Å². The van der Waals surface area contributed by atoms with Crippen molar-refractivity contribution in [3.05, 3.63) is 0 Å². The Hall–Kier alpha value is -1.10. The first-order chi connectivity index (χ1) is 9.40. The van der Waals surface area contributed by atoms with Crippen LogP contribution in [0, 0.1) is 11.8 Å². The zero-order valence-corrected chi connectivity index (χ0v) is 13.2. The second-order valence-electron chi connectivity index (χ2n) is 5.91. The summed E-state index contributed by atoms with van der Waals surface area (Å²) in [5, 5.41) is 0. The van der Waals surface area contributed by atoms with Gasteiger partial charge in [-0.1, -0.05) is 33.6 Å². The van der Waals surface area contributed by atoms with E-state index in [4.69, 9.17) is 11.5 Å². The average molecular weight is 285 g/mol. The predicted octanol–water partition coefficient (Wildman–Crippen LogP) is 1.50. The van der Waals surface area contributed by atoms with Gasteiger partial charge < -0.3 is 16.4 Å². The fraction of sp³-hybridized carbons (Fsp3) is 0.867. The quantitative estimate of drug-likeness (QED) is 0.603. The van der Waals surface area contributed by atoms with Gasteiger partial charge in [-0.3, -0.25) is 9.59 Å². The van der Waals surface area contributed by atoms with E-state index in [1.165, 1.54) is 0 Å².